The zero-order chi connectivity index (χ0) is 22.1. The van der Waals surface area contributed by atoms with Crippen molar-refractivity contribution in [3.63, 3.8) is 0 Å². The molecule has 2 N–H and O–H groups in total. The van der Waals surface area contributed by atoms with Gasteiger partial charge in [0.2, 0.25) is 0 Å². The summed E-state index contributed by atoms with van der Waals surface area (Å²) in [6.07, 6.45) is 2.94. The van der Waals surface area contributed by atoms with Crippen molar-refractivity contribution in [3.05, 3.63) is 47.5 Å². The third kappa shape index (κ3) is 4.48. The van der Waals surface area contributed by atoms with Gasteiger partial charge in [-0.1, -0.05) is 29.0 Å². The molecular weight excluding hydrogens is 450 g/mol. The molecule has 7 nitrogen and oxygen atoms in total. The number of hydrogen-bond acceptors (Lipinski definition) is 6. The molecule has 2 aliphatic rings. The Labute approximate surface area is 194 Å². The van der Waals surface area contributed by atoms with Crippen LogP contribution in [0.15, 0.2) is 42.5 Å². The first-order valence-corrected chi connectivity index (χ1v) is 12.0. The largest absolute Gasteiger partial charge is 0.492 e. The Balaban J connectivity index is 1.08. The van der Waals surface area contributed by atoms with Crippen LogP contribution in [0.5, 0.6) is 16.7 Å². The summed E-state index contributed by atoms with van der Waals surface area (Å²) >= 11 is 7.64. The SMILES string of the molecule is O=C(O)N1[C@@H]2CC[C@H]1CC(NCCOc1ccc(Oc3nc4c(Cl)cccc4s3)cc1)C2. The number of rotatable bonds is 7. The van der Waals surface area contributed by atoms with Crippen LogP contribution in [0.2, 0.25) is 5.02 Å². The van der Waals surface area contributed by atoms with Crippen LogP contribution in [0.3, 0.4) is 0 Å². The van der Waals surface area contributed by atoms with E-state index in [2.05, 4.69) is 10.3 Å². The number of carboxylic acid groups (broad SMARTS) is 1. The Morgan fingerprint density at radius 3 is 2.56 bits per heavy atom. The summed E-state index contributed by atoms with van der Waals surface area (Å²) in [5, 5.41) is 14.1. The number of halogens is 1. The standard InChI is InChI=1S/C23H24ClN3O4S/c24-19-2-1-3-20-21(19)26-22(32-20)31-18-8-6-17(7-9-18)30-11-10-25-14-12-15-4-5-16(13-14)27(15)23(28)29/h1-3,6-9,14-16,25H,4-5,10-13H2,(H,28,29)/t14?,15-,16+. The fraction of sp³-hybridized carbons (Fsp3) is 0.391. The first-order chi connectivity index (χ1) is 15.6. The van der Waals surface area contributed by atoms with Crippen LogP contribution >= 0.6 is 22.9 Å². The van der Waals surface area contributed by atoms with Crippen LogP contribution in [-0.4, -0.2) is 52.4 Å². The molecule has 1 amide bonds. The number of nitrogens with zero attached hydrogens (tertiary/aromatic N) is 2. The van der Waals surface area contributed by atoms with Crippen LogP contribution in [0, 0.1) is 0 Å². The maximum Gasteiger partial charge on any atom is 0.407 e. The molecule has 32 heavy (non-hydrogen) atoms. The molecule has 1 aromatic heterocycles. The highest BCUT2D eigenvalue weighted by Gasteiger charge is 2.43. The molecule has 168 valence electrons. The third-order valence-electron chi connectivity index (χ3n) is 6.14. The van der Waals surface area contributed by atoms with Gasteiger partial charge < -0.3 is 24.8 Å². The van der Waals surface area contributed by atoms with E-state index >= 15 is 0 Å². The predicted octanol–water partition coefficient (Wildman–Crippen LogP) is 5.38. The van der Waals surface area contributed by atoms with E-state index in [0.29, 0.717) is 28.6 Å². The molecular formula is C23H24ClN3O4S. The summed E-state index contributed by atoms with van der Waals surface area (Å²) < 4.78 is 12.7. The van der Waals surface area contributed by atoms with E-state index in [1.807, 2.05) is 42.5 Å². The smallest absolute Gasteiger partial charge is 0.407 e. The monoisotopic (exact) mass is 473 g/mol. The Kier molecular flexibility index (Phi) is 6.08. The van der Waals surface area contributed by atoms with Crippen molar-refractivity contribution in [1.29, 1.82) is 0 Å². The first kappa shape index (κ1) is 21.3. The number of nitrogens with one attached hydrogen (secondary N) is 1. The Bertz CT molecular complexity index is 1090. The minimum absolute atomic E-state index is 0.156. The number of hydrogen-bond donors (Lipinski definition) is 2. The van der Waals surface area contributed by atoms with E-state index in [1.165, 1.54) is 11.3 Å². The minimum Gasteiger partial charge on any atom is -0.492 e. The molecule has 0 radical (unpaired) electrons. The normalized spacial score (nSPS) is 22.3. The lowest BCUT2D eigenvalue weighted by atomic mass is 9.98. The highest BCUT2D eigenvalue weighted by atomic mass is 35.5. The molecule has 3 atom stereocenters. The van der Waals surface area contributed by atoms with Crippen molar-refractivity contribution in [1.82, 2.24) is 15.2 Å². The zero-order valence-electron chi connectivity index (χ0n) is 17.4. The van der Waals surface area contributed by atoms with Gasteiger partial charge in [0.15, 0.2) is 0 Å². The van der Waals surface area contributed by atoms with E-state index in [0.717, 1.165) is 48.2 Å². The van der Waals surface area contributed by atoms with Gasteiger partial charge in [0.25, 0.3) is 5.19 Å². The maximum atomic E-state index is 11.4. The quantitative estimate of drug-likeness (QED) is 0.448. The lowest BCUT2D eigenvalue weighted by Gasteiger charge is -2.37. The number of thiazole rings is 1. The Morgan fingerprint density at radius 2 is 1.88 bits per heavy atom. The highest BCUT2D eigenvalue weighted by Crippen LogP contribution is 2.36. The van der Waals surface area contributed by atoms with Gasteiger partial charge in [-0.3, -0.25) is 0 Å². The molecule has 2 saturated heterocycles. The first-order valence-electron chi connectivity index (χ1n) is 10.8. The van der Waals surface area contributed by atoms with E-state index in [9.17, 15) is 9.90 Å². The number of ether oxygens (including phenoxy) is 2. The molecule has 5 rings (SSSR count). The van der Waals surface area contributed by atoms with Crippen molar-refractivity contribution in [2.24, 2.45) is 0 Å². The van der Waals surface area contributed by atoms with Crippen LogP contribution in [-0.2, 0) is 0 Å². The number of piperidine rings is 1. The second-order valence-electron chi connectivity index (χ2n) is 8.19. The lowest BCUT2D eigenvalue weighted by molar-refractivity contribution is 0.0914. The van der Waals surface area contributed by atoms with E-state index in [1.54, 1.807) is 4.90 Å². The van der Waals surface area contributed by atoms with Crippen LogP contribution in [0.25, 0.3) is 10.2 Å². The molecule has 2 fully saturated rings. The van der Waals surface area contributed by atoms with Crippen molar-refractivity contribution < 1.29 is 19.4 Å². The van der Waals surface area contributed by atoms with Gasteiger partial charge in [-0.25, -0.2) is 9.78 Å². The minimum atomic E-state index is -0.779. The van der Waals surface area contributed by atoms with Crippen LogP contribution in [0.1, 0.15) is 25.7 Å². The summed E-state index contributed by atoms with van der Waals surface area (Å²) in [5.41, 5.74) is 0.753. The van der Waals surface area contributed by atoms with Gasteiger partial charge in [-0.15, -0.1) is 0 Å². The number of carbonyl (C=O) groups is 1. The highest BCUT2D eigenvalue weighted by molar-refractivity contribution is 7.20. The number of amides is 1. The van der Waals surface area contributed by atoms with Gasteiger partial charge in [0, 0.05) is 24.7 Å². The fourth-order valence-corrected chi connectivity index (χ4v) is 5.87. The number of fused-ring (bicyclic) bond motifs is 3. The average molecular weight is 474 g/mol. The summed E-state index contributed by atoms with van der Waals surface area (Å²) in [5.74, 6) is 1.46. The molecule has 2 aliphatic heterocycles. The van der Waals surface area contributed by atoms with Crippen LogP contribution < -0.4 is 14.8 Å². The topological polar surface area (TPSA) is 83.9 Å². The van der Waals surface area contributed by atoms with Gasteiger partial charge in [-0.2, -0.15) is 0 Å². The summed E-state index contributed by atoms with van der Waals surface area (Å²) in [6, 6.07) is 13.8. The molecule has 2 bridgehead atoms. The maximum absolute atomic E-state index is 11.4. The second-order valence-corrected chi connectivity index (χ2v) is 9.59. The molecule has 0 spiro atoms. The number of aromatic nitrogens is 1. The fourth-order valence-electron chi connectivity index (χ4n) is 4.73. The summed E-state index contributed by atoms with van der Waals surface area (Å²) in [6.45, 7) is 1.27. The summed E-state index contributed by atoms with van der Waals surface area (Å²) in [4.78, 5) is 17.5. The van der Waals surface area contributed by atoms with E-state index in [-0.39, 0.29) is 12.1 Å². The molecule has 9 heteroatoms. The van der Waals surface area contributed by atoms with E-state index < -0.39 is 6.09 Å². The van der Waals surface area contributed by atoms with Crippen molar-refractivity contribution >= 4 is 39.2 Å². The number of para-hydroxylation sites is 1. The Morgan fingerprint density at radius 1 is 1.16 bits per heavy atom. The predicted molar refractivity (Wildman–Crippen MR) is 124 cm³/mol. The Hall–Kier alpha value is -2.55. The average Bonchev–Trinajstić information content (AvgIpc) is 3.31. The molecule has 3 heterocycles. The van der Waals surface area contributed by atoms with Gasteiger partial charge in [-0.05, 0) is 62.1 Å². The molecule has 2 aromatic carbocycles. The van der Waals surface area contributed by atoms with Crippen molar-refractivity contribution in [3.8, 4) is 16.7 Å². The lowest BCUT2D eigenvalue weighted by Crippen LogP contribution is -2.51. The third-order valence-corrected chi connectivity index (χ3v) is 7.34. The van der Waals surface area contributed by atoms with Crippen molar-refractivity contribution in [2.75, 3.05) is 13.2 Å². The molecule has 1 unspecified atom stereocenters. The second kappa shape index (κ2) is 9.13. The van der Waals surface area contributed by atoms with Gasteiger partial charge >= 0.3 is 6.09 Å². The molecule has 0 saturated carbocycles. The van der Waals surface area contributed by atoms with Crippen LogP contribution in [0.4, 0.5) is 4.79 Å². The molecule has 0 aliphatic carbocycles. The van der Waals surface area contributed by atoms with Gasteiger partial charge in [0.1, 0.15) is 23.6 Å². The zero-order valence-corrected chi connectivity index (χ0v) is 18.9. The van der Waals surface area contributed by atoms with Crippen molar-refractivity contribution in [2.45, 2.75) is 43.8 Å². The van der Waals surface area contributed by atoms with Gasteiger partial charge in [0.05, 0.1) is 9.72 Å². The molecule has 3 aromatic rings. The van der Waals surface area contributed by atoms with E-state index in [4.69, 9.17) is 21.1 Å². The number of benzene rings is 2. The summed E-state index contributed by atoms with van der Waals surface area (Å²) in [7, 11) is 0.